The molecule has 1 fully saturated rings. The molecule has 1 heterocycles. The Hall–Kier alpha value is -0.250. The lowest BCUT2D eigenvalue weighted by atomic mass is 11.5. The van der Waals surface area contributed by atoms with Gasteiger partial charge in [0.25, 0.3) is 0 Å². The van der Waals surface area contributed by atoms with Crippen LogP contribution in [0.4, 0.5) is 0 Å². The van der Waals surface area contributed by atoms with E-state index in [0.717, 1.165) is 0 Å². The van der Waals surface area contributed by atoms with E-state index in [-0.39, 0.29) is 0 Å². The van der Waals surface area contributed by atoms with Crippen LogP contribution in [0, 0.1) is 0 Å². The van der Waals surface area contributed by atoms with Crippen molar-refractivity contribution in [2.75, 3.05) is 0 Å². The van der Waals surface area contributed by atoms with Gasteiger partial charge in [-0.2, -0.15) is 8.42 Å². The monoisotopic (exact) mass is 158 g/mol. The van der Waals surface area contributed by atoms with E-state index in [1.807, 2.05) is 0 Å². The molecule has 0 saturated carbocycles. The maximum Gasteiger partial charge on any atom is 0.353 e. The van der Waals surface area contributed by atoms with Crippen LogP contribution >= 0.6 is 0 Å². The summed E-state index contributed by atoms with van der Waals surface area (Å²) in [5.41, 5.74) is -1.91. The fraction of sp³-hybridized carbons (Fsp3) is 1.00. The van der Waals surface area contributed by atoms with Crippen molar-refractivity contribution in [1.82, 2.24) is 0 Å². The van der Waals surface area contributed by atoms with E-state index in [0.29, 0.717) is 0 Å². The third-order valence-corrected chi connectivity index (χ3v) is 1.15. The first-order valence-electron chi connectivity index (χ1n) is 1.72. The fourth-order valence-electron chi connectivity index (χ4n) is 0.212. The Labute approximate surface area is 49.6 Å². The minimum atomic E-state index is -4.40. The Bertz CT molecular complexity index is 173. The van der Waals surface area contributed by atoms with Gasteiger partial charge >= 0.3 is 15.7 Å². The van der Waals surface area contributed by atoms with E-state index < -0.39 is 15.7 Å². The highest BCUT2D eigenvalue weighted by Gasteiger charge is 2.33. The van der Waals surface area contributed by atoms with Crippen molar-refractivity contribution < 1.29 is 32.8 Å². The normalized spacial score (nSPS) is 22.8. The molecule has 0 aliphatic carbocycles. The minimum absolute atomic E-state index is 1.91. The second-order valence-corrected chi connectivity index (χ2v) is 2.55. The summed E-state index contributed by atoms with van der Waals surface area (Å²) < 4.78 is 28.0. The van der Waals surface area contributed by atoms with Crippen LogP contribution < -0.4 is 0 Å². The van der Waals surface area contributed by atoms with Gasteiger partial charge in [0.15, 0.2) is 0 Å². The maximum absolute atomic E-state index is 9.98. The van der Waals surface area contributed by atoms with Gasteiger partial charge in [-0.25, -0.2) is 0 Å². The molecule has 1 aliphatic rings. The number of hydrogen-bond acceptors (Lipinski definition) is 6. The van der Waals surface area contributed by atoms with Crippen molar-refractivity contribution in [1.29, 1.82) is 0 Å². The van der Waals surface area contributed by atoms with E-state index in [1.165, 1.54) is 0 Å². The zero-order valence-corrected chi connectivity index (χ0v) is 4.70. The summed E-state index contributed by atoms with van der Waals surface area (Å²) in [6.45, 7) is 0. The Balaban J connectivity index is 2.63. The largest absolute Gasteiger partial charge is 0.353 e. The van der Waals surface area contributed by atoms with Crippen molar-refractivity contribution in [2.45, 2.75) is 5.62 Å². The van der Waals surface area contributed by atoms with Crippen molar-refractivity contribution in [2.24, 2.45) is 0 Å². The van der Waals surface area contributed by atoms with Crippen LogP contribution in [0.3, 0.4) is 0 Å². The molecule has 0 aromatic rings. The molecule has 0 amide bonds. The van der Waals surface area contributed by atoms with Crippen LogP contribution in [0.2, 0.25) is 0 Å². The van der Waals surface area contributed by atoms with Crippen LogP contribution in [0.5, 0.6) is 0 Å². The van der Waals surface area contributed by atoms with E-state index in [2.05, 4.69) is 19.9 Å². The van der Waals surface area contributed by atoms with E-state index in [1.54, 1.807) is 0 Å². The zero-order valence-electron chi connectivity index (χ0n) is 3.88. The lowest BCUT2D eigenvalue weighted by Gasteiger charge is -1.94. The average molecular weight is 158 g/mol. The van der Waals surface area contributed by atoms with Gasteiger partial charge < -0.3 is 0 Å². The predicted octanol–water partition coefficient (Wildman–Crippen LogP) is -1.02. The fourth-order valence-corrected chi connectivity index (χ4v) is 0.474. The summed E-state index contributed by atoms with van der Waals surface area (Å²) >= 11 is 0. The molecule has 0 unspecified atom stereocenters. The molecule has 0 bridgehead atoms. The summed E-state index contributed by atoms with van der Waals surface area (Å²) in [7, 11) is -4.40. The Morgan fingerprint density at radius 2 is 1.67 bits per heavy atom. The second kappa shape index (κ2) is 2.17. The summed E-state index contributed by atoms with van der Waals surface area (Å²) in [6, 6.07) is 0. The standard InChI is InChI=1S/CH2O7S/c2-9(3,4)1-5-7-8-6-1/h1H,(H,2,3,4). The molecule has 0 radical (unpaired) electrons. The number of hydrogen-bond donors (Lipinski definition) is 1. The summed E-state index contributed by atoms with van der Waals surface area (Å²) in [5.74, 6) is 0. The van der Waals surface area contributed by atoms with Gasteiger partial charge in [-0.05, 0) is 10.1 Å². The molecule has 0 aromatic carbocycles. The molecular formula is CH2O7S. The highest BCUT2D eigenvalue weighted by molar-refractivity contribution is 7.86. The van der Waals surface area contributed by atoms with Gasteiger partial charge in [0, 0.05) is 0 Å². The zero-order chi connectivity index (χ0) is 6.91. The highest BCUT2D eigenvalue weighted by Crippen LogP contribution is 2.11. The Morgan fingerprint density at radius 1 is 1.22 bits per heavy atom. The first-order valence-corrected chi connectivity index (χ1v) is 3.23. The summed E-state index contributed by atoms with van der Waals surface area (Å²) in [6.07, 6.45) is 0. The van der Waals surface area contributed by atoms with Gasteiger partial charge in [0.05, 0.1) is 0 Å². The number of rotatable bonds is 1. The van der Waals surface area contributed by atoms with Gasteiger partial charge in [0.1, 0.15) is 0 Å². The van der Waals surface area contributed by atoms with E-state index in [9.17, 15) is 8.42 Å². The van der Waals surface area contributed by atoms with Gasteiger partial charge in [0.2, 0.25) is 0 Å². The van der Waals surface area contributed by atoms with Gasteiger partial charge in [-0.3, -0.25) is 4.55 Å². The topological polar surface area (TPSA) is 91.3 Å². The minimum Gasteiger partial charge on any atom is -0.281 e. The third kappa shape index (κ3) is 1.58. The lowest BCUT2D eigenvalue weighted by molar-refractivity contribution is -0.532. The predicted molar refractivity (Wildman–Crippen MR) is 19.7 cm³/mol. The molecule has 1 aliphatic heterocycles. The molecule has 1 rings (SSSR count). The van der Waals surface area contributed by atoms with Crippen LogP contribution in [-0.2, 0) is 30.0 Å². The Morgan fingerprint density at radius 3 is 1.89 bits per heavy atom. The van der Waals surface area contributed by atoms with Crippen molar-refractivity contribution in [3.63, 3.8) is 0 Å². The van der Waals surface area contributed by atoms with E-state index >= 15 is 0 Å². The Kier molecular flexibility index (Phi) is 1.66. The third-order valence-electron chi connectivity index (χ3n) is 0.507. The van der Waals surface area contributed by atoms with Crippen molar-refractivity contribution in [3.05, 3.63) is 0 Å². The van der Waals surface area contributed by atoms with Gasteiger partial charge in [-0.15, -0.1) is 9.78 Å². The van der Waals surface area contributed by atoms with Crippen LogP contribution in [0.25, 0.3) is 0 Å². The van der Waals surface area contributed by atoms with Crippen LogP contribution in [0.1, 0.15) is 0 Å². The molecule has 0 spiro atoms. The molecule has 9 heavy (non-hydrogen) atoms. The maximum atomic E-state index is 9.98. The molecule has 0 atom stereocenters. The second-order valence-electron chi connectivity index (χ2n) is 1.13. The van der Waals surface area contributed by atoms with Crippen LogP contribution in [0.15, 0.2) is 0 Å². The molecular weight excluding hydrogens is 156 g/mol. The average Bonchev–Trinajstić information content (AvgIpc) is 2.08. The quantitative estimate of drug-likeness (QED) is 0.385. The van der Waals surface area contributed by atoms with Crippen LogP contribution in [-0.4, -0.2) is 18.6 Å². The summed E-state index contributed by atoms with van der Waals surface area (Å²) in [5, 5.41) is 7.04. The highest BCUT2D eigenvalue weighted by atomic mass is 32.2. The molecule has 0 aromatic heterocycles. The molecule has 7 nitrogen and oxygen atoms in total. The van der Waals surface area contributed by atoms with Gasteiger partial charge in [-0.1, -0.05) is 0 Å². The first kappa shape index (κ1) is 6.86. The molecule has 1 saturated heterocycles. The lowest BCUT2D eigenvalue weighted by Crippen LogP contribution is -2.19. The molecule has 54 valence electrons. The van der Waals surface area contributed by atoms with E-state index in [4.69, 9.17) is 4.55 Å². The van der Waals surface area contributed by atoms with Crippen molar-refractivity contribution >= 4 is 10.1 Å². The molecule has 8 heteroatoms. The molecule has 1 N–H and O–H groups in total. The summed E-state index contributed by atoms with van der Waals surface area (Å²) in [4.78, 5) is 7.47. The van der Waals surface area contributed by atoms with Crippen molar-refractivity contribution in [3.8, 4) is 0 Å². The first-order chi connectivity index (χ1) is 4.11. The smallest absolute Gasteiger partial charge is 0.281 e. The SMILES string of the molecule is O=S(=O)(O)C1OOOO1.